The number of benzene rings is 1. The molecule has 22 heavy (non-hydrogen) atoms. The first kappa shape index (κ1) is 17.0. The largest absolute Gasteiger partial charge is 0.349 e. The van der Waals surface area contributed by atoms with Gasteiger partial charge in [-0.1, -0.05) is 19.8 Å². The molecule has 1 aromatic carbocycles. The Morgan fingerprint density at radius 3 is 2.27 bits per heavy atom. The van der Waals surface area contributed by atoms with Gasteiger partial charge < -0.3 is 5.32 Å². The zero-order valence-corrected chi connectivity index (χ0v) is 14.2. The quantitative estimate of drug-likeness (QED) is 0.924. The van der Waals surface area contributed by atoms with Crippen LogP contribution in [0.4, 0.5) is 0 Å². The summed E-state index contributed by atoms with van der Waals surface area (Å²) < 4.78 is 25.2. The van der Waals surface area contributed by atoms with E-state index in [4.69, 9.17) is 0 Å². The first-order chi connectivity index (χ1) is 10.3. The highest BCUT2D eigenvalue weighted by atomic mass is 32.2. The predicted molar refractivity (Wildman–Crippen MR) is 86.2 cm³/mol. The van der Waals surface area contributed by atoms with Crippen LogP contribution in [-0.4, -0.2) is 38.8 Å². The molecule has 2 rings (SSSR count). The van der Waals surface area contributed by atoms with Crippen molar-refractivity contribution < 1.29 is 13.2 Å². The lowest BCUT2D eigenvalue weighted by atomic mass is 9.86. The minimum atomic E-state index is -3.45. The van der Waals surface area contributed by atoms with Gasteiger partial charge in [-0.3, -0.25) is 4.79 Å². The molecule has 1 fully saturated rings. The first-order valence-corrected chi connectivity index (χ1v) is 9.10. The molecule has 1 aliphatic carbocycles. The molecule has 0 bridgehead atoms. The van der Waals surface area contributed by atoms with Crippen molar-refractivity contribution in [3.63, 3.8) is 0 Å². The third-order valence-corrected chi connectivity index (χ3v) is 6.15. The Morgan fingerprint density at radius 2 is 1.73 bits per heavy atom. The Hall–Kier alpha value is -1.40. The van der Waals surface area contributed by atoms with Gasteiger partial charge in [-0.2, -0.15) is 0 Å². The van der Waals surface area contributed by atoms with Gasteiger partial charge in [-0.25, -0.2) is 12.7 Å². The monoisotopic (exact) mass is 324 g/mol. The number of carbonyl (C=O) groups is 1. The van der Waals surface area contributed by atoms with Gasteiger partial charge in [0.2, 0.25) is 10.0 Å². The van der Waals surface area contributed by atoms with Crippen molar-refractivity contribution >= 4 is 15.9 Å². The number of hydrogen-bond donors (Lipinski definition) is 1. The van der Waals surface area contributed by atoms with Crippen molar-refractivity contribution in [1.29, 1.82) is 0 Å². The Morgan fingerprint density at radius 1 is 1.14 bits per heavy atom. The minimum absolute atomic E-state index is 0.132. The van der Waals surface area contributed by atoms with Crippen molar-refractivity contribution in [2.45, 2.75) is 43.5 Å². The molecule has 1 saturated carbocycles. The van der Waals surface area contributed by atoms with Crippen molar-refractivity contribution in [1.82, 2.24) is 9.62 Å². The summed E-state index contributed by atoms with van der Waals surface area (Å²) in [4.78, 5) is 12.5. The summed E-state index contributed by atoms with van der Waals surface area (Å²) in [6, 6.07) is 6.31. The summed E-state index contributed by atoms with van der Waals surface area (Å²) in [5.74, 6) is 0.360. The van der Waals surface area contributed by atoms with Crippen molar-refractivity contribution in [3.8, 4) is 0 Å². The third kappa shape index (κ3) is 3.67. The molecule has 1 aromatic rings. The van der Waals surface area contributed by atoms with Gasteiger partial charge in [0.05, 0.1) is 4.90 Å². The molecule has 2 atom stereocenters. The highest BCUT2D eigenvalue weighted by molar-refractivity contribution is 7.89. The summed E-state index contributed by atoms with van der Waals surface area (Å²) in [6.07, 6.45) is 4.53. The molecular formula is C16H24N2O3S. The highest BCUT2D eigenvalue weighted by Crippen LogP contribution is 2.24. The number of amides is 1. The molecule has 5 nitrogen and oxygen atoms in total. The number of rotatable bonds is 4. The molecule has 0 aliphatic heterocycles. The normalized spacial score (nSPS) is 22.5. The van der Waals surface area contributed by atoms with Crippen LogP contribution in [-0.2, 0) is 10.0 Å². The van der Waals surface area contributed by atoms with E-state index < -0.39 is 10.0 Å². The van der Waals surface area contributed by atoms with E-state index in [1.165, 1.54) is 32.6 Å². The number of sulfonamides is 1. The fraction of sp³-hybridized carbons (Fsp3) is 0.562. The Kier molecular flexibility index (Phi) is 5.24. The van der Waals surface area contributed by atoms with Crippen molar-refractivity contribution in [2.75, 3.05) is 14.1 Å². The van der Waals surface area contributed by atoms with Gasteiger partial charge in [0.15, 0.2) is 0 Å². The molecule has 1 N–H and O–H groups in total. The van der Waals surface area contributed by atoms with E-state index in [1.54, 1.807) is 12.1 Å². The maximum Gasteiger partial charge on any atom is 0.251 e. The fourth-order valence-electron chi connectivity index (χ4n) is 2.77. The molecule has 1 aliphatic rings. The maximum absolute atomic E-state index is 12.3. The van der Waals surface area contributed by atoms with Gasteiger partial charge in [0, 0.05) is 25.7 Å². The molecule has 122 valence electrons. The summed E-state index contributed by atoms with van der Waals surface area (Å²) >= 11 is 0. The van der Waals surface area contributed by atoms with E-state index in [9.17, 15) is 13.2 Å². The molecule has 0 unspecified atom stereocenters. The average Bonchev–Trinajstić information content (AvgIpc) is 2.49. The second kappa shape index (κ2) is 6.79. The van der Waals surface area contributed by atoms with E-state index in [0.717, 1.165) is 23.6 Å². The number of carbonyl (C=O) groups excluding carboxylic acids is 1. The van der Waals surface area contributed by atoms with Gasteiger partial charge >= 0.3 is 0 Å². The van der Waals surface area contributed by atoms with E-state index in [2.05, 4.69) is 12.2 Å². The number of nitrogens with one attached hydrogen (secondary N) is 1. The van der Waals surface area contributed by atoms with Crippen molar-refractivity contribution in [2.24, 2.45) is 5.92 Å². The Balaban J connectivity index is 2.08. The minimum Gasteiger partial charge on any atom is -0.349 e. The van der Waals surface area contributed by atoms with Crippen LogP contribution < -0.4 is 5.32 Å². The average molecular weight is 324 g/mol. The van der Waals surface area contributed by atoms with Gasteiger partial charge in [-0.05, 0) is 43.0 Å². The van der Waals surface area contributed by atoms with Crippen LogP contribution in [0.25, 0.3) is 0 Å². The van der Waals surface area contributed by atoms with Crippen LogP contribution in [0.5, 0.6) is 0 Å². The standard InChI is InChI=1S/C16H24N2O3S/c1-12-6-4-5-7-15(12)17-16(19)13-8-10-14(11-9-13)22(20,21)18(2)3/h8-12,15H,4-7H2,1-3H3,(H,17,19)/t12-,15-/m1/s1. The molecule has 0 radical (unpaired) electrons. The molecule has 0 aromatic heterocycles. The molecule has 6 heteroatoms. The Labute approximate surface area is 132 Å². The summed E-state index contributed by atoms with van der Waals surface area (Å²) in [6.45, 7) is 2.16. The van der Waals surface area contributed by atoms with Gasteiger partial charge in [0.25, 0.3) is 5.91 Å². The molecular weight excluding hydrogens is 300 g/mol. The van der Waals surface area contributed by atoms with Crippen LogP contribution in [0.15, 0.2) is 29.2 Å². The smallest absolute Gasteiger partial charge is 0.251 e. The second-order valence-electron chi connectivity index (χ2n) is 6.15. The molecule has 0 spiro atoms. The maximum atomic E-state index is 12.3. The summed E-state index contributed by atoms with van der Waals surface area (Å²) in [5.41, 5.74) is 0.496. The lowest BCUT2D eigenvalue weighted by Crippen LogP contribution is -2.41. The van der Waals surface area contributed by atoms with Crippen LogP contribution in [0.2, 0.25) is 0 Å². The summed E-state index contributed by atoms with van der Waals surface area (Å²) in [7, 11) is -0.481. The number of hydrogen-bond acceptors (Lipinski definition) is 3. The SMILES string of the molecule is C[C@@H]1CCCC[C@H]1NC(=O)c1ccc(S(=O)(=O)N(C)C)cc1. The molecule has 0 heterocycles. The lowest BCUT2D eigenvalue weighted by Gasteiger charge is -2.29. The third-order valence-electron chi connectivity index (χ3n) is 4.32. The zero-order valence-electron chi connectivity index (χ0n) is 13.4. The van der Waals surface area contributed by atoms with E-state index in [0.29, 0.717) is 11.5 Å². The predicted octanol–water partition coefficient (Wildman–Crippen LogP) is 2.25. The van der Waals surface area contributed by atoms with Crippen LogP contribution in [0.3, 0.4) is 0 Å². The lowest BCUT2D eigenvalue weighted by molar-refractivity contribution is 0.0910. The first-order valence-electron chi connectivity index (χ1n) is 7.66. The van der Waals surface area contributed by atoms with E-state index >= 15 is 0 Å². The summed E-state index contributed by atoms with van der Waals surface area (Å²) in [5, 5.41) is 3.07. The zero-order chi connectivity index (χ0) is 16.3. The van der Waals surface area contributed by atoms with Crippen molar-refractivity contribution in [3.05, 3.63) is 29.8 Å². The van der Waals surface area contributed by atoms with Gasteiger partial charge in [0.1, 0.15) is 0 Å². The number of nitrogens with zero attached hydrogens (tertiary/aromatic N) is 1. The molecule has 0 saturated heterocycles. The second-order valence-corrected chi connectivity index (χ2v) is 8.31. The topological polar surface area (TPSA) is 66.5 Å². The highest BCUT2D eigenvalue weighted by Gasteiger charge is 2.23. The Bertz CT molecular complexity index is 623. The van der Waals surface area contributed by atoms with E-state index in [-0.39, 0.29) is 16.8 Å². The van der Waals surface area contributed by atoms with Gasteiger partial charge in [-0.15, -0.1) is 0 Å². The molecule has 1 amide bonds. The van der Waals surface area contributed by atoms with Crippen LogP contribution in [0.1, 0.15) is 43.0 Å². The van der Waals surface area contributed by atoms with E-state index in [1.807, 2.05) is 0 Å². The van der Waals surface area contributed by atoms with Crippen LogP contribution in [0, 0.1) is 5.92 Å². The van der Waals surface area contributed by atoms with Crippen LogP contribution >= 0.6 is 0 Å². The fourth-order valence-corrected chi connectivity index (χ4v) is 3.67.